The fraction of sp³-hybridized carbons (Fsp3) is 0.258. The first-order valence-electron chi connectivity index (χ1n) is 13.1. The van der Waals surface area contributed by atoms with Gasteiger partial charge in [0.05, 0.1) is 23.2 Å². The maximum Gasteiger partial charge on any atom is 0.256 e. The second-order valence-electron chi connectivity index (χ2n) is 10.2. The molecule has 7 nitrogen and oxygen atoms in total. The number of fused-ring (bicyclic) bond motifs is 1. The van der Waals surface area contributed by atoms with Crippen LogP contribution < -0.4 is 10.3 Å². The van der Waals surface area contributed by atoms with Gasteiger partial charge in [0.2, 0.25) is 0 Å². The van der Waals surface area contributed by atoms with Crippen molar-refractivity contribution in [1.82, 2.24) is 14.9 Å². The standard InChI is InChI=1S/C31H28ClN3O4/c32-22-7-4-6-21(18-22)31(15-16-31)30-33-26-10-5-17-35(19-25(26)28(37)34-30)29(38)27(36)20-11-13-24(14-12-20)39-23-8-2-1-3-9-23/h1-4,6-9,11-14,18,27,36H,5,10,15-17,19H2,(H,33,34,37). The first-order valence-corrected chi connectivity index (χ1v) is 13.5. The Kier molecular flexibility index (Phi) is 6.71. The third kappa shape index (κ3) is 5.07. The summed E-state index contributed by atoms with van der Waals surface area (Å²) < 4.78 is 5.80. The summed E-state index contributed by atoms with van der Waals surface area (Å²) in [6, 6.07) is 23.9. The van der Waals surface area contributed by atoms with E-state index in [1.807, 2.05) is 54.6 Å². The number of para-hydroxylation sites is 1. The van der Waals surface area contributed by atoms with Gasteiger partial charge in [0.25, 0.3) is 11.5 Å². The highest BCUT2D eigenvalue weighted by Gasteiger charge is 2.48. The van der Waals surface area contributed by atoms with Crippen molar-refractivity contribution < 1.29 is 14.6 Å². The molecule has 198 valence electrons. The molecule has 0 spiro atoms. The maximum atomic E-state index is 13.3. The summed E-state index contributed by atoms with van der Waals surface area (Å²) in [7, 11) is 0. The monoisotopic (exact) mass is 541 g/mol. The van der Waals surface area contributed by atoms with Crippen LogP contribution in [0.1, 0.15) is 53.6 Å². The Bertz CT molecular complexity index is 1570. The molecule has 1 fully saturated rings. The van der Waals surface area contributed by atoms with E-state index in [9.17, 15) is 14.7 Å². The van der Waals surface area contributed by atoms with E-state index in [0.717, 1.165) is 18.4 Å². The zero-order chi connectivity index (χ0) is 27.0. The molecule has 0 radical (unpaired) electrons. The number of ether oxygens (including phenoxy) is 1. The summed E-state index contributed by atoms with van der Waals surface area (Å²) in [4.78, 5) is 36.0. The number of aliphatic hydroxyl groups is 1. The Hall–Kier alpha value is -3.94. The number of carbonyl (C=O) groups is 1. The lowest BCUT2D eigenvalue weighted by molar-refractivity contribution is -0.141. The zero-order valence-electron chi connectivity index (χ0n) is 21.3. The predicted molar refractivity (Wildman–Crippen MR) is 148 cm³/mol. The lowest BCUT2D eigenvalue weighted by atomic mass is 9.94. The highest BCUT2D eigenvalue weighted by molar-refractivity contribution is 6.30. The summed E-state index contributed by atoms with van der Waals surface area (Å²) >= 11 is 6.23. The lowest BCUT2D eigenvalue weighted by Crippen LogP contribution is -2.36. The molecule has 1 atom stereocenters. The van der Waals surface area contributed by atoms with Crippen LogP contribution in [0.4, 0.5) is 0 Å². The van der Waals surface area contributed by atoms with E-state index in [2.05, 4.69) is 4.98 Å². The molecule has 2 heterocycles. The average Bonchev–Trinajstić information content (AvgIpc) is 3.78. The number of hydrogen-bond acceptors (Lipinski definition) is 5. The van der Waals surface area contributed by atoms with Crippen LogP contribution in [0.5, 0.6) is 11.5 Å². The second kappa shape index (κ2) is 10.3. The second-order valence-corrected chi connectivity index (χ2v) is 10.6. The number of aryl methyl sites for hydroxylation is 1. The Morgan fingerprint density at radius 1 is 1.03 bits per heavy atom. The number of rotatable bonds is 6. The first-order chi connectivity index (χ1) is 18.9. The van der Waals surface area contributed by atoms with Gasteiger partial charge in [-0.2, -0.15) is 0 Å². The third-order valence-corrected chi connectivity index (χ3v) is 7.83. The molecule has 1 aliphatic carbocycles. The largest absolute Gasteiger partial charge is 0.457 e. The molecule has 3 aromatic carbocycles. The number of nitrogens with one attached hydrogen (secondary N) is 1. The minimum Gasteiger partial charge on any atom is -0.457 e. The topological polar surface area (TPSA) is 95.5 Å². The van der Waals surface area contributed by atoms with Crippen molar-refractivity contribution in [3.8, 4) is 11.5 Å². The highest BCUT2D eigenvalue weighted by atomic mass is 35.5. The molecular formula is C31H28ClN3O4. The van der Waals surface area contributed by atoms with Gasteiger partial charge in [-0.25, -0.2) is 4.98 Å². The van der Waals surface area contributed by atoms with Crippen LogP contribution in [0, 0.1) is 0 Å². The smallest absolute Gasteiger partial charge is 0.256 e. The highest BCUT2D eigenvalue weighted by Crippen LogP contribution is 2.52. The molecule has 2 aliphatic rings. The molecule has 8 heteroatoms. The number of H-pyrrole nitrogens is 1. The van der Waals surface area contributed by atoms with Gasteiger partial charge >= 0.3 is 0 Å². The number of aromatic amines is 1. The Balaban J connectivity index is 1.19. The average molecular weight is 542 g/mol. The van der Waals surface area contributed by atoms with Crippen molar-refractivity contribution in [2.75, 3.05) is 6.54 Å². The van der Waals surface area contributed by atoms with Gasteiger partial charge in [0.15, 0.2) is 6.10 Å². The van der Waals surface area contributed by atoms with Crippen LogP contribution in [0.2, 0.25) is 5.02 Å². The van der Waals surface area contributed by atoms with Crippen LogP contribution in [-0.4, -0.2) is 32.4 Å². The molecule has 1 aromatic heterocycles. The van der Waals surface area contributed by atoms with Gasteiger partial charge in [-0.05, 0) is 73.2 Å². The number of carbonyl (C=O) groups excluding carboxylic acids is 1. The number of nitrogens with zero attached hydrogens (tertiary/aromatic N) is 2. The molecule has 1 unspecified atom stereocenters. The molecule has 6 rings (SSSR count). The summed E-state index contributed by atoms with van der Waals surface area (Å²) in [6.45, 7) is 0.531. The number of hydrogen-bond donors (Lipinski definition) is 2. The Morgan fingerprint density at radius 2 is 1.77 bits per heavy atom. The summed E-state index contributed by atoms with van der Waals surface area (Å²) in [5, 5.41) is 11.5. The van der Waals surface area contributed by atoms with Gasteiger partial charge in [0, 0.05) is 11.6 Å². The fourth-order valence-corrected chi connectivity index (χ4v) is 5.46. The van der Waals surface area contributed by atoms with Crippen LogP contribution in [0.25, 0.3) is 0 Å². The molecular weight excluding hydrogens is 514 g/mol. The quantitative estimate of drug-likeness (QED) is 0.345. The van der Waals surface area contributed by atoms with Gasteiger partial charge in [-0.15, -0.1) is 0 Å². The Morgan fingerprint density at radius 3 is 2.49 bits per heavy atom. The zero-order valence-corrected chi connectivity index (χ0v) is 22.0. The number of benzene rings is 3. The van der Waals surface area contributed by atoms with Gasteiger partial charge in [0.1, 0.15) is 17.3 Å². The predicted octanol–water partition coefficient (Wildman–Crippen LogP) is 5.30. The molecule has 39 heavy (non-hydrogen) atoms. The SMILES string of the molecule is O=C(C(O)c1ccc(Oc2ccccc2)cc1)N1CCCc2nc(C3(c4cccc(Cl)c4)CC3)[nH]c(=O)c2C1. The van der Waals surface area contributed by atoms with E-state index in [-0.39, 0.29) is 17.5 Å². The van der Waals surface area contributed by atoms with Gasteiger partial charge in [-0.1, -0.05) is 54.1 Å². The van der Waals surface area contributed by atoms with Crippen molar-refractivity contribution in [2.45, 2.75) is 43.7 Å². The van der Waals surface area contributed by atoms with Crippen molar-refractivity contribution in [3.05, 3.63) is 122 Å². The summed E-state index contributed by atoms with van der Waals surface area (Å²) in [6.07, 6.45) is 1.67. The van der Waals surface area contributed by atoms with Gasteiger partial charge in [-0.3, -0.25) is 9.59 Å². The molecule has 0 bridgehead atoms. The van der Waals surface area contributed by atoms with E-state index >= 15 is 0 Å². The van der Waals surface area contributed by atoms with Crippen molar-refractivity contribution in [2.24, 2.45) is 0 Å². The lowest BCUT2D eigenvalue weighted by Gasteiger charge is -2.24. The van der Waals surface area contributed by atoms with Crippen LogP contribution in [-0.2, 0) is 23.2 Å². The van der Waals surface area contributed by atoms with E-state index in [1.165, 1.54) is 0 Å². The van der Waals surface area contributed by atoms with E-state index in [4.69, 9.17) is 21.3 Å². The summed E-state index contributed by atoms with van der Waals surface area (Å²) in [5.74, 6) is 1.52. The number of aliphatic hydroxyl groups excluding tert-OH is 1. The van der Waals surface area contributed by atoms with Gasteiger partial charge < -0.3 is 19.7 Å². The van der Waals surface area contributed by atoms with E-state index < -0.39 is 12.0 Å². The Labute approximate surface area is 231 Å². The molecule has 4 aromatic rings. The first kappa shape index (κ1) is 25.3. The fourth-order valence-electron chi connectivity index (χ4n) is 5.27. The number of aromatic nitrogens is 2. The third-order valence-electron chi connectivity index (χ3n) is 7.59. The maximum absolute atomic E-state index is 13.3. The van der Waals surface area contributed by atoms with Crippen LogP contribution in [0.15, 0.2) is 83.7 Å². The van der Waals surface area contributed by atoms with Crippen LogP contribution in [0.3, 0.4) is 0 Å². The molecule has 1 amide bonds. The van der Waals surface area contributed by atoms with E-state index in [0.29, 0.717) is 58.6 Å². The minimum atomic E-state index is -1.35. The van der Waals surface area contributed by atoms with Crippen molar-refractivity contribution in [1.29, 1.82) is 0 Å². The summed E-state index contributed by atoms with van der Waals surface area (Å²) in [5.41, 5.74) is 2.14. The number of halogens is 1. The minimum absolute atomic E-state index is 0.104. The van der Waals surface area contributed by atoms with E-state index in [1.54, 1.807) is 29.2 Å². The normalized spacial score (nSPS) is 16.6. The number of amides is 1. The van der Waals surface area contributed by atoms with Crippen molar-refractivity contribution >= 4 is 17.5 Å². The molecule has 2 N–H and O–H groups in total. The van der Waals surface area contributed by atoms with Crippen molar-refractivity contribution in [3.63, 3.8) is 0 Å². The molecule has 1 saturated carbocycles. The molecule has 1 aliphatic heterocycles. The van der Waals surface area contributed by atoms with Crippen LogP contribution >= 0.6 is 11.6 Å². The molecule has 0 saturated heterocycles.